The molecule has 18 heavy (non-hydrogen) atoms. The summed E-state index contributed by atoms with van der Waals surface area (Å²) in [5.41, 5.74) is 2.26. The molecule has 1 N–H and O–H groups in total. The van der Waals surface area contributed by atoms with Crippen LogP contribution in [0.2, 0.25) is 5.02 Å². The van der Waals surface area contributed by atoms with Crippen molar-refractivity contribution in [2.75, 3.05) is 0 Å². The predicted octanol–water partition coefficient (Wildman–Crippen LogP) is 3.92. The fourth-order valence-electron chi connectivity index (χ4n) is 2.72. The van der Waals surface area contributed by atoms with Crippen LogP contribution in [-0.2, 0) is 6.54 Å². The maximum atomic E-state index is 6.20. The minimum Gasteiger partial charge on any atom is -0.310 e. The van der Waals surface area contributed by atoms with E-state index in [4.69, 9.17) is 11.6 Å². The fraction of sp³-hybridized carbons (Fsp3) is 0.400. The molecule has 0 bridgehead atoms. The highest BCUT2D eigenvalue weighted by atomic mass is 35.5. The Labute approximate surface area is 112 Å². The van der Waals surface area contributed by atoms with Crippen molar-refractivity contribution in [2.24, 2.45) is 0 Å². The van der Waals surface area contributed by atoms with E-state index >= 15 is 0 Å². The van der Waals surface area contributed by atoms with E-state index in [-0.39, 0.29) is 0 Å². The molecule has 1 aromatic carbocycles. The van der Waals surface area contributed by atoms with Gasteiger partial charge < -0.3 is 5.32 Å². The van der Waals surface area contributed by atoms with Crippen LogP contribution in [0, 0.1) is 0 Å². The summed E-state index contributed by atoms with van der Waals surface area (Å²) in [4.78, 5) is 4.46. The van der Waals surface area contributed by atoms with E-state index in [1.54, 1.807) is 0 Å². The molecule has 0 amide bonds. The lowest BCUT2D eigenvalue weighted by molar-refractivity contribution is 0.525. The highest BCUT2D eigenvalue weighted by Gasteiger charge is 2.14. The van der Waals surface area contributed by atoms with Crippen LogP contribution in [0.5, 0.6) is 0 Å². The Balaban J connectivity index is 1.85. The van der Waals surface area contributed by atoms with Gasteiger partial charge in [0.05, 0.1) is 5.52 Å². The van der Waals surface area contributed by atoms with Crippen molar-refractivity contribution in [1.82, 2.24) is 10.3 Å². The predicted molar refractivity (Wildman–Crippen MR) is 75.8 cm³/mol. The topological polar surface area (TPSA) is 24.9 Å². The molecule has 0 aliphatic heterocycles. The summed E-state index contributed by atoms with van der Waals surface area (Å²) in [6.45, 7) is 0.884. The number of aromatic nitrogens is 1. The van der Waals surface area contributed by atoms with E-state index in [2.05, 4.69) is 16.4 Å². The third-order valence-electron chi connectivity index (χ3n) is 3.74. The van der Waals surface area contributed by atoms with Crippen molar-refractivity contribution in [1.29, 1.82) is 0 Å². The molecule has 1 aliphatic carbocycles. The van der Waals surface area contributed by atoms with Gasteiger partial charge in [-0.25, -0.2) is 0 Å². The van der Waals surface area contributed by atoms with Gasteiger partial charge in [-0.05, 0) is 36.6 Å². The fourth-order valence-corrected chi connectivity index (χ4v) is 2.94. The molecule has 1 fully saturated rings. The molecule has 0 atom stereocenters. The Morgan fingerprint density at radius 2 is 2.06 bits per heavy atom. The molecule has 0 saturated heterocycles. The van der Waals surface area contributed by atoms with Gasteiger partial charge in [-0.2, -0.15) is 0 Å². The standard InChI is InChI=1S/C15H17ClN2/c16-14-8-7-11(10-18-12-4-1-2-5-12)15-13(14)6-3-9-17-15/h3,6-9,12,18H,1-2,4-5,10H2. The number of nitrogens with zero attached hydrogens (tertiary/aromatic N) is 1. The smallest absolute Gasteiger partial charge is 0.0761 e. The monoisotopic (exact) mass is 260 g/mol. The Morgan fingerprint density at radius 3 is 2.89 bits per heavy atom. The van der Waals surface area contributed by atoms with Crippen molar-refractivity contribution in [3.8, 4) is 0 Å². The van der Waals surface area contributed by atoms with E-state index in [1.165, 1.54) is 31.2 Å². The lowest BCUT2D eigenvalue weighted by Crippen LogP contribution is -2.25. The zero-order valence-corrected chi connectivity index (χ0v) is 11.1. The normalized spacial score (nSPS) is 16.5. The van der Waals surface area contributed by atoms with Crippen molar-refractivity contribution in [3.63, 3.8) is 0 Å². The van der Waals surface area contributed by atoms with Gasteiger partial charge in [0, 0.05) is 29.2 Å². The van der Waals surface area contributed by atoms with Gasteiger partial charge in [-0.1, -0.05) is 30.5 Å². The number of fused-ring (bicyclic) bond motifs is 1. The second-order valence-corrected chi connectivity index (χ2v) is 5.38. The first-order valence-electron chi connectivity index (χ1n) is 6.60. The van der Waals surface area contributed by atoms with Crippen LogP contribution >= 0.6 is 11.6 Å². The van der Waals surface area contributed by atoms with Gasteiger partial charge in [0.2, 0.25) is 0 Å². The molecular formula is C15H17ClN2. The summed E-state index contributed by atoms with van der Waals surface area (Å²) >= 11 is 6.20. The largest absolute Gasteiger partial charge is 0.310 e. The summed E-state index contributed by atoms with van der Waals surface area (Å²) in [7, 11) is 0. The molecule has 3 heteroatoms. The number of pyridine rings is 1. The second kappa shape index (κ2) is 5.25. The molecular weight excluding hydrogens is 244 g/mol. The zero-order chi connectivity index (χ0) is 12.4. The van der Waals surface area contributed by atoms with Gasteiger partial charge in [0.25, 0.3) is 0 Å². The molecule has 0 radical (unpaired) electrons. The van der Waals surface area contributed by atoms with Crippen molar-refractivity contribution in [3.05, 3.63) is 41.0 Å². The SMILES string of the molecule is Clc1ccc(CNC2CCCC2)c2ncccc12. The van der Waals surface area contributed by atoms with Crippen LogP contribution in [0.15, 0.2) is 30.5 Å². The molecule has 1 aliphatic rings. The summed E-state index contributed by atoms with van der Waals surface area (Å²) < 4.78 is 0. The number of rotatable bonds is 3. The first-order chi connectivity index (χ1) is 8.84. The molecule has 3 rings (SSSR count). The molecule has 1 aromatic heterocycles. The average Bonchev–Trinajstić information content (AvgIpc) is 2.92. The van der Waals surface area contributed by atoms with E-state index in [0.717, 1.165) is 22.5 Å². The van der Waals surface area contributed by atoms with Crippen molar-refractivity contribution in [2.45, 2.75) is 38.3 Å². The lowest BCUT2D eigenvalue weighted by atomic mass is 10.1. The summed E-state index contributed by atoms with van der Waals surface area (Å²) in [6.07, 6.45) is 7.16. The number of hydrogen-bond acceptors (Lipinski definition) is 2. The zero-order valence-electron chi connectivity index (χ0n) is 10.3. The van der Waals surface area contributed by atoms with Crippen LogP contribution < -0.4 is 5.32 Å². The van der Waals surface area contributed by atoms with Crippen molar-refractivity contribution >= 4 is 22.5 Å². The molecule has 0 unspecified atom stereocenters. The first-order valence-corrected chi connectivity index (χ1v) is 6.98. The second-order valence-electron chi connectivity index (χ2n) is 4.97. The summed E-state index contributed by atoms with van der Waals surface area (Å²) in [5.74, 6) is 0. The van der Waals surface area contributed by atoms with E-state index in [0.29, 0.717) is 6.04 Å². The van der Waals surface area contributed by atoms with Gasteiger partial charge in [-0.15, -0.1) is 0 Å². The Hall–Kier alpha value is -1.12. The summed E-state index contributed by atoms with van der Waals surface area (Å²) in [6, 6.07) is 8.70. The van der Waals surface area contributed by atoms with Crippen LogP contribution in [0.25, 0.3) is 10.9 Å². The Kier molecular flexibility index (Phi) is 3.48. The Morgan fingerprint density at radius 1 is 1.22 bits per heavy atom. The number of benzene rings is 1. The quantitative estimate of drug-likeness (QED) is 0.905. The van der Waals surface area contributed by atoms with E-state index < -0.39 is 0 Å². The minimum absolute atomic E-state index is 0.680. The number of hydrogen-bond donors (Lipinski definition) is 1. The number of nitrogens with one attached hydrogen (secondary N) is 1. The van der Waals surface area contributed by atoms with E-state index in [1.807, 2.05) is 24.4 Å². The van der Waals surface area contributed by atoms with Gasteiger partial charge in [0.15, 0.2) is 0 Å². The third-order valence-corrected chi connectivity index (χ3v) is 4.07. The molecule has 1 heterocycles. The van der Waals surface area contributed by atoms with E-state index in [9.17, 15) is 0 Å². The maximum absolute atomic E-state index is 6.20. The Bertz CT molecular complexity index is 547. The first kappa shape index (κ1) is 11.9. The van der Waals surface area contributed by atoms with Gasteiger partial charge in [-0.3, -0.25) is 4.98 Å². The number of halogens is 1. The molecule has 94 valence electrons. The molecule has 2 nitrogen and oxygen atoms in total. The minimum atomic E-state index is 0.680. The highest BCUT2D eigenvalue weighted by molar-refractivity contribution is 6.35. The molecule has 2 aromatic rings. The highest BCUT2D eigenvalue weighted by Crippen LogP contribution is 2.25. The van der Waals surface area contributed by atoms with Crippen molar-refractivity contribution < 1.29 is 0 Å². The molecule has 0 spiro atoms. The molecule has 1 saturated carbocycles. The van der Waals surface area contributed by atoms with Gasteiger partial charge in [0.1, 0.15) is 0 Å². The average molecular weight is 261 g/mol. The van der Waals surface area contributed by atoms with Crippen LogP contribution in [0.3, 0.4) is 0 Å². The van der Waals surface area contributed by atoms with Crippen LogP contribution in [-0.4, -0.2) is 11.0 Å². The van der Waals surface area contributed by atoms with Crippen LogP contribution in [0.1, 0.15) is 31.2 Å². The lowest BCUT2D eigenvalue weighted by Gasteiger charge is -2.13. The van der Waals surface area contributed by atoms with Crippen LogP contribution in [0.4, 0.5) is 0 Å². The summed E-state index contributed by atoms with van der Waals surface area (Å²) in [5, 5.41) is 5.45. The third kappa shape index (κ3) is 2.36. The van der Waals surface area contributed by atoms with Gasteiger partial charge >= 0.3 is 0 Å². The maximum Gasteiger partial charge on any atom is 0.0761 e.